The summed E-state index contributed by atoms with van der Waals surface area (Å²) >= 11 is 0. The third-order valence-corrected chi connectivity index (χ3v) is 6.64. The maximum absolute atomic E-state index is 12.5. The molecule has 2 atom stereocenters. The zero-order valence-corrected chi connectivity index (χ0v) is 15.4. The molecule has 6 rings (SSSR count). The lowest BCUT2D eigenvalue weighted by Crippen LogP contribution is -2.56. The van der Waals surface area contributed by atoms with E-state index in [2.05, 4.69) is 4.98 Å². The van der Waals surface area contributed by atoms with Crippen molar-refractivity contribution in [3.05, 3.63) is 42.4 Å². The van der Waals surface area contributed by atoms with E-state index in [4.69, 9.17) is 9.15 Å². The zero-order chi connectivity index (χ0) is 18.5. The molecule has 27 heavy (non-hydrogen) atoms. The van der Waals surface area contributed by atoms with Crippen LogP contribution >= 0.6 is 0 Å². The van der Waals surface area contributed by atoms with E-state index in [0.717, 1.165) is 37.7 Å². The number of aromatic nitrogens is 1. The van der Waals surface area contributed by atoms with Gasteiger partial charge in [0.25, 0.3) is 0 Å². The van der Waals surface area contributed by atoms with Gasteiger partial charge < -0.3 is 14.3 Å². The summed E-state index contributed by atoms with van der Waals surface area (Å²) in [5.74, 6) is 2.02. The third kappa shape index (κ3) is 3.29. The van der Waals surface area contributed by atoms with Gasteiger partial charge in [0.15, 0.2) is 12.4 Å². The molecule has 1 heterocycles. The Labute approximate surface area is 158 Å². The molecule has 5 heteroatoms. The predicted molar refractivity (Wildman–Crippen MR) is 98.4 cm³/mol. The lowest BCUT2D eigenvalue weighted by atomic mass is 9.47. The van der Waals surface area contributed by atoms with Crippen molar-refractivity contribution in [3.63, 3.8) is 0 Å². The van der Waals surface area contributed by atoms with Crippen molar-refractivity contribution in [2.24, 2.45) is 17.3 Å². The summed E-state index contributed by atoms with van der Waals surface area (Å²) in [6, 6.07) is 9.74. The van der Waals surface area contributed by atoms with Crippen molar-refractivity contribution in [2.45, 2.75) is 57.2 Å². The number of benzene rings is 1. The highest BCUT2D eigenvalue weighted by Gasteiger charge is 2.57. The number of ether oxygens (including phenoxy) is 1. The summed E-state index contributed by atoms with van der Waals surface area (Å²) in [5.41, 5.74) is 0.337. The first-order valence-electron chi connectivity index (χ1n) is 9.89. The molecular weight excluding hydrogens is 342 g/mol. The van der Waals surface area contributed by atoms with Crippen LogP contribution in [0.3, 0.4) is 0 Å². The molecule has 1 aromatic heterocycles. The zero-order valence-electron chi connectivity index (χ0n) is 15.4. The first kappa shape index (κ1) is 17.0. The van der Waals surface area contributed by atoms with Crippen LogP contribution in [0.1, 0.15) is 50.8 Å². The Hall–Kier alpha value is -2.14. The topological polar surface area (TPSA) is 72.6 Å². The number of hydrogen-bond acceptors (Lipinski definition) is 5. The molecule has 0 saturated heterocycles. The summed E-state index contributed by atoms with van der Waals surface area (Å²) in [6.07, 6.45) is 7.96. The normalized spacial score (nSPS) is 34.0. The van der Waals surface area contributed by atoms with Crippen molar-refractivity contribution in [1.82, 2.24) is 4.98 Å². The van der Waals surface area contributed by atoms with E-state index in [-0.39, 0.29) is 18.0 Å². The van der Waals surface area contributed by atoms with Crippen LogP contribution in [0.5, 0.6) is 0 Å². The molecule has 4 aliphatic carbocycles. The number of rotatable bonds is 5. The molecule has 4 fully saturated rings. The number of oxazole rings is 1. The van der Waals surface area contributed by atoms with Crippen molar-refractivity contribution in [1.29, 1.82) is 0 Å². The second-order valence-electron chi connectivity index (χ2n) is 9.01. The Balaban J connectivity index is 1.20. The largest absolute Gasteiger partial charge is 0.456 e. The van der Waals surface area contributed by atoms with E-state index in [1.165, 1.54) is 6.42 Å². The molecule has 0 spiro atoms. The monoisotopic (exact) mass is 367 g/mol. The van der Waals surface area contributed by atoms with Gasteiger partial charge in [-0.2, -0.15) is 0 Å². The van der Waals surface area contributed by atoms with E-state index in [1.54, 1.807) is 6.20 Å². The van der Waals surface area contributed by atoms with E-state index in [9.17, 15) is 9.90 Å². The molecule has 4 bridgehead atoms. The van der Waals surface area contributed by atoms with Crippen molar-refractivity contribution in [3.8, 4) is 11.3 Å². The minimum absolute atomic E-state index is 0.0544. The van der Waals surface area contributed by atoms with E-state index < -0.39 is 5.60 Å². The van der Waals surface area contributed by atoms with Crippen LogP contribution in [0.15, 0.2) is 40.9 Å². The molecule has 4 saturated carbocycles. The summed E-state index contributed by atoms with van der Waals surface area (Å²) in [5, 5.41) is 10.8. The summed E-state index contributed by atoms with van der Waals surface area (Å²) < 4.78 is 11.2. The van der Waals surface area contributed by atoms with Gasteiger partial charge in [-0.05, 0) is 55.8 Å². The number of aliphatic hydroxyl groups is 1. The summed E-state index contributed by atoms with van der Waals surface area (Å²) in [7, 11) is 0. The van der Waals surface area contributed by atoms with E-state index in [0.29, 0.717) is 29.9 Å². The van der Waals surface area contributed by atoms with Crippen molar-refractivity contribution >= 4 is 5.97 Å². The van der Waals surface area contributed by atoms with Gasteiger partial charge in [0.2, 0.25) is 5.89 Å². The van der Waals surface area contributed by atoms with Gasteiger partial charge in [-0.25, -0.2) is 4.98 Å². The predicted octanol–water partition coefficient (Wildman–Crippen LogP) is 4.11. The van der Waals surface area contributed by atoms with Crippen LogP contribution in [0.4, 0.5) is 0 Å². The highest BCUT2D eigenvalue weighted by molar-refractivity contribution is 5.70. The fourth-order valence-corrected chi connectivity index (χ4v) is 6.22. The SMILES string of the molecule is O=C(CC12CC3CC(CC(O)(C3)C1)C2)OCc1ncc(-c2ccccc2)o1. The number of carbonyl (C=O) groups excluding carboxylic acids is 1. The van der Waals surface area contributed by atoms with Crippen LogP contribution in [-0.4, -0.2) is 21.7 Å². The lowest BCUT2D eigenvalue weighted by Gasteiger charge is -2.60. The standard InChI is InChI=1S/C22H25NO4/c24-20(11-21-7-15-6-16(8-21)10-22(25,9-15)14-21)26-13-19-23-12-18(27-19)17-4-2-1-3-5-17/h1-5,12,15-16,25H,6-11,13-14H2. The second-order valence-corrected chi connectivity index (χ2v) is 9.01. The Kier molecular flexibility index (Phi) is 3.90. The molecule has 0 aliphatic heterocycles. The maximum atomic E-state index is 12.5. The molecule has 142 valence electrons. The lowest BCUT2D eigenvalue weighted by molar-refractivity contribution is -0.177. The number of esters is 1. The third-order valence-electron chi connectivity index (χ3n) is 6.64. The van der Waals surface area contributed by atoms with Crippen molar-refractivity contribution < 1.29 is 19.1 Å². The van der Waals surface area contributed by atoms with Crippen LogP contribution in [0, 0.1) is 17.3 Å². The van der Waals surface area contributed by atoms with Gasteiger partial charge in [-0.1, -0.05) is 30.3 Å². The van der Waals surface area contributed by atoms with Gasteiger partial charge in [0, 0.05) is 5.56 Å². The Morgan fingerprint density at radius 2 is 1.93 bits per heavy atom. The van der Waals surface area contributed by atoms with E-state index >= 15 is 0 Å². The summed E-state index contributed by atoms with van der Waals surface area (Å²) in [6.45, 7) is 0.0544. The molecule has 2 aromatic rings. The molecule has 0 amide bonds. The highest BCUT2D eigenvalue weighted by Crippen LogP contribution is 2.62. The smallest absolute Gasteiger partial charge is 0.306 e. The molecular formula is C22H25NO4. The van der Waals surface area contributed by atoms with Gasteiger partial charge >= 0.3 is 5.97 Å². The average molecular weight is 367 g/mol. The maximum Gasteiger partial charge on any atom is 0.306 e. The number of nitrogens with zero attached hydrogens (tertiary/aromatic N) is 1. The molecule has 5 nitrogen and oxygen atoms in total. The Bertz CT molecular complexity index is 829. The fraction of sp³-hybridized carbons (Fsp3) is 0.545. The fourth-order valence-electron chi connectivity index (χ4n) is 6.22. The summed E-state index contributed by atoms with van der Waals surface area (Å²) in [4.78, 5) is 16.7. The van der Waals surface area contributed by atoms with Gasteiger partial charge in [0.1, 0.15) is 0 Å². The number of hydrogen-bond donors (Lipinski definition) is 1. The minimum atomic E-state index is -0.544. The molecule has 1 N–H and O–H groups in total. The second kappa shape index (κ2) is 6.20. The van der Waals surface area contributed by atoms with Crippen molar-refractivity contribution in [2.75, 3.05) is 0 Å². The highest BCUT2D eigenvalue weighted by atomic mass is 16.5. The first-order chi connectivity index (χ1) is 13.0. The van der Waals surface area contributed by atoms with Gasteiger partial charge in [-0.3, -0.25) is 4.79 Å². The quantitative estimate of drug-likeness (QED) is 0.805. The Morgan fingerprint density at radius 1 is 1.19 bits per heavy atom. The van der Waals surface area contributed by atoms with Crippen LogP contribution in [-0.2, 0) is 16.1 Å². The molecule has 0 radical (unpaired) electrons. The first-order valence-corrected chi connectivity index (χ1v) is 9.89. The van der Waals surface area contributed by atoms with Crippen LogP contribution in [0.25, 0.3) is 11.3 Å². The minimum Gasteiger partial charge on any atom is -0.456 e. The molecule has 1 aromatic carbocycles. The van der Waals surface area contributed by atoms with Gasteiger partial charge in [-0.15, -0.1) is 0 Å². The van der Waals surface area contributed by atoms with Crippen LogP contribution in [0.2, 0.25) is 0 Å². The molecule has 4 aliphatic rings. The van der Waals surface area contributed by atoms with E-state index in [1.807, 2.05) is 30.3 Å². The van der Waals surface area contributed by atoms with Gasteiger partial charge in [0.05, 0.1) is 18.2 Å². The average Bonchev–Trinajstić information content (AvgIpc) is 3.07. The number of carbonyl (C=O) groups is 1. The molecule has 2 unspecified atom stereocenters. The Morgan fingerprint density at radius 3 is 2.63 bits per heavy atom. The van der Waals surface area contributed by atoms with Crippen LogP contribution < -0.4 is 0 Å².